The Hall–Kier alpha value is -1.43. The predicted octanol–water partition coefficient (Wildman–Crippen LogP) is 3.82. The number of benzene rings is 2. The summed E-state index contributed by atoms with van der Waals surface area (Å²) in [6.45, 7) is 1.72. The summed E-state index contributed by atoms with van der Waals surface area (Å²) in [7, 11) is 0. The second-order valence-electron chi connectivity index (χ2n) is 5.85. The molecule has 1 aliphatic rings. The number of rotatable bonds is 3. The molecule has 2 N–H and O–H groups in total. The topological polar surface area (TPSA) is 46.3 Å². The number of hydrogen-bond acceptors (Lipinski definition) is 2. The van der Waals surface area contributed by atoms with Crippen molar-refractivity contribution in [3.63, 3.8) is 0 Å². The maximum Gasteiger partial charge on any atom is 0.255 e. The Labute approximate surface area is 155 Å². The molecule has 0 bridgehead atoms. The van der Waals surface area contributed by atoms with Gasteiger partial charge in [-0.05, 0) is 52.2 Å². The average molecular weight is 414 g/mol. The van der Waals surface area contributed by atoms with Crippen molar-refractivity contribution in [3.05, 3.63) is 69.9 Å². The quantitative estimate of drug-likeness (QED) is 0.831. The van der Waals surface area contributed by atoms with E-state index in [0.717, 1.165) is 0 Å². The van der Waals surface area contributed by atoms with Gasteiger partial charge in [-0.1, -0.05) is 30.3 Å². The van der Waals surface area contributed by atoms with Gasteiger partial charge < -0.3 is 10.6 Å². The molecule has 2 atom stereocenters. The van der Waals surface area contributed by atoms with Crippen LogP contribution in [0.3, 0.4) is 0 Å². The maximum atomic E-state index is 13.5. The van der Waals surface area contributed by atoms with Crippen LogP contribution in [-0.4, -0.2) is 30.4 Å². The number of carbonyl (C=O) groups is 1. The largest absolute Gasteiger partial charge is 0.338 e. The summed E-state index contributed by atoms with van der Waals surface area (Å²) >= 11 is 3.33. The fourth-order valence-electron chi connectivity index (χ4n) is 3.19. The molecule has 0 unspecified atom stereocenters. The molecule has 0 aliphatic carbocycles. The van der Waals surface area contributed by atoms with Crippen LogP contribution in [0.4, 0.5) is 4.39 Å². The van der Waals surface area contributed by atoms with Gasteiger partial charge in [-0.2, -0.15) is 0 Å². The first kappa shape index (κ1) is 18.9. The summed E-state index contributed by atoms with van der Waals surface area (Å²) in [4.78, 5) is 14.5. The first-order chi connectivity index (χ1) is 11.1. The van der Waals surface area contributed by atoms with Crippen LogP contribution in [-0.2, 0) is 0 Å². The molecule has 1 aliphatic heterocycles. The molecule has 128 valence electrons. The summed E-state index contributed by atoms with van der Waals surface area (Å²) in [5, 5.41) is 0. The number of amides is 1. The molecule has 1 fully saturated rings. The molecule has 0 aromatic heterocycles. The monoisotopic (exact) mass is 412 g/mol. The van der Waals surface area contributed by atoms with Gasteiger partial charge in [0.2, 0.25) is 0 Å². The third kappa shape index (κ3) is 3.79. The van der Waals surface area contributed by atoms with E-state index < -0.39 is 5.82 Å². The standard InChI is InChI=1S/C18H18BrFN2O.ClH/c19-17-7-6-14(20)8-15(17)18(23)22-10-13(9-21)16(11-22)12-4-2-1-3-5-12;/h1-8,13,16H,9-11,21H2;1H/t13-,16+;/m1./s1. The molecule has 1 heterocycles. The predicted molar refractivity (Wildman–Crippen MR) is 99.0 cm³/mol. The van der Waals surface area contributed by atoms with Crippen LogP contribution in [0.2, 0.25) is 0 Å². The lowest BCUT2D eigenvalue weighted by Gasteiger charge is -2.17. The van der Waals surface area contributed by atoms with E-state index in [0.29, 0.717) is 29.7 Å². The Balaban J connectivity index is 0.00000208. The summed E-state index contributed by atoms with van der Waals surface area (Å²) in [6, 6.07) is 14.3. The van der Waals surface area contributed by atoms with Crippen LogP contribution in [0.1, 0.15) is 21.8 Å². The third-order valence-electron chi connectivity index (χ3n) is 4.42. The molecule has 2 aromatic carbocycles. The minimum atomic E-state index is -0.411. The van der Waals surface area contributed by atoms with E-state index in [2.05, 4.69) is 28.1 Å². The van der Waals surface area contributed by atoms with E-state index >= 15 is 0 Å². The molecule has 1 saturated heterocycles. The number of halogens is 3. The van der Waals surface area contributed by atoms with Crippen LogP contribution >= 0.6 is 28.3 Å². The van der Waals surface area contributed by atoms with E-state index in [1.165, 1.54) is 17.7 Å². The molecule has 1 amide bonds. The Morgan fingerprint density at radius 1 is 1.21 bits per heavy atom. The third-order valence-corrected chi connectivity index (χ3v) is 5.11. The van der Waals surface area contributed by atoms with Crippen LogP contribution in [0.15, 0.2) is 53.0 Å². The lowest BCUT2D eigenvalue weighted by molar-refractivity contribution is 0.0785. The Kier molecular flexibility index (Phi) is 6.38. The van der Waals surface area contributed by atoms with Crippen molar-refractivity contribution in [2.45, 2.75) is 5.92 Å². The fraction of sp³-hybridized carbons (Fsp3) is 0.278. The summed E-state index contributed by atoms with van der Waals surface area (Å²) in [6.07, 6.45) is 0. The zero-order valence-electron chi connectivity index (χ0n) is 13.0. The van der Waals surface area contributed by atoms with Crippen LogP contribution in [0.5, 0.6) is 0 Å². The van der Waals surface area contributed by atoms with E-state index in [9.17, 15) is 9.18 Å². The first-order valence-electron chi connectivity index (χ1n) is 7.59. The first-order valence-corrected chi connectivity index (χ1v) is 8.38. The number of nitrogens with two attached hydrogens (primary N) is 1. The van der Waals surface area contributed by atoms with Gasteiger partial charge in [-0.25, -0.2) is 4.39 Å². The van der Waals surface area contributed by atoms with E-state index in [-0.39, 0.29) is 30.2 Å². The van der Waals surface area contributed by atoms with E-state index in [4.69, 9.17) is 5.73 Å². The van der Waals surface area contributed by atoms with Gasteiger partial charge in [0.1, 0.15) is 5.82 Å². The van der Waals surface area contributed by atoms with Crippen molar-refractivity contribution >= 4 is 34.2 Å². The highest BCUT2D eigenvalue weighted by Gasteiger charge is 2.36. The van der Waals surface area contributed by atoms with Crippen molar-refractivity contribution < 1.29 is 9.18 Å². The van der Waals surface area contributed by atoms with Crippen LogP contribution in [0.25, 0.3) is 0 Å². The highest BCUT2D eigenvalue weighted by molar-refractivity contribution is 9.10. The maximum absolute atomic E-state index is 13.5. The molecule has 6 heteroatoms. The van der Waals surface area contributed by atoms with E-state index in [1.807, 2.05) is 18.2 Å². The van der Waals surface area contributed by atoms with Gasteiger partial charge in [-0.15, -0.1) is 12.4 Å². The molecule has 2 aromatic rings. The molecule has 3 rings (SSSR count). The van der Waals surface area contributed by atoms with Crippen molar-refractivity contribution in [1.82, 2.24) is 4.90 Å². The van der Waals surface area contributed by atoms with Crippen LogP contribution in [0, 0.1) is 11.7 Å². The van der Waals surface area contributed by atoms with Gasteiger partial charge in [0.15, 0.2) is 0 Å². The summed E-state index contributed by atoms with van der Waals surface area (Å²) in [5.41, 5.74) is 7.46. The highest BCUT2D eigenvalue weighted by Crippen LogP contribution is 2.33. The molecule has 24 heavy (non-hydrogen) atoms. The Morgan fingerprint density at radius 2 is 1.92 bits per heavy atom. The highest BCUT2D eigenvalue weighted by atomic mass is 79.9. The minimum Gasteiger partial charge on any atom is -0.338 e. The number of nitrogens with zero attached hydrogens (tertiary/aromatic N) is 1. The molecule has 3 nitrogen and oxygen atoms in total. The fourth-order valence-corrected chi connectivity index (χ4v) is 3.60. The molecular weight excluding hydrogens is 395 g/mol. The molecular formula is C18H19BrClFN2O. The van der Waals surface area contributed by atoms with Gasteiger partial charge in [-0.3, -0.25) is 4.79 Å². The van der Waals surface area contributed by atoms with Gasteiger partial charge in [0.25, 0.3) is 5.91 Å². The zero-order valence-corrected chi connectivity index (χ0v) is 15.4. The smallest absolute Gasteiger partial charge is 0.255 e. The lowest BCUT2D eigenvalue weighted by Crippen LogP contribution is -2.30. The number of carbonyl (C=O) groups excluding carboxylic acids is 1. The number of likely N-dealkylation sites (tertiary alicyclic amines) is 1. The van der Waals surface area contributed by atoms with Gasteiger partial charge in [0, 0.05) is 23.5 Å². The average Bonchev–Trinajstić information content (AvgIpc) is 3.01. The summed E-state index contributed by atoms with van der Waals surface area (Å²) in [5.74, 6) is -0.134. The lowest BCUT2D eigenvalue weighted by atomic mass is 9.89. The molecule has 0 saturated carbocycles. The van der Waals surface area contributed by atoms with Crippen molar-refractivity contribution in [1.29, 1.82) is 0 Å². The van der Waals surface area contributed by atoms with Crippen molar-refractivity contribution in [2.24, 2.45) is 11.7 Å². The second-order valence-corrected chi connectivity index (χ2v) is 6.70. The zero-order chi connectivity index (χ0) is 16.4. The second kappa shape index (κ2) is 8.10. The van der Waals surface area contributed by atoms with Gasteiger partial charge in [0.05, 0.1) is 5.56 Å². The minimum absolute atomic E-state index is 0. The SMILES string of the molecule is Cl.NC[C@@H]1CN(C(=O)c2cc(F)ccc2Br)C[C@H]1c1ccccc1. The van der Waals surface area contributed by atoms with Crippen LogP contribution < -0.4 is 5.73 Å². The molecule has 0 radical (unpaired) electrons. The van der Waals surface area contributed by atoms with Crippen molar-refractivity contribution in [3.8, 4) is 0 Å². The normalized spacial score (nSPS) is 19.9. The molecule has 0 spiro atoms. The van der Waals surface area contributed by atoms with Gasteiger partial charge >= 0.3 is 0 Å². The number of hydrogen-bond donors (Lipinski definition) is 1. The summed E-state index contributed by atoms with van der Waals surface area (Å²) < 4.78 is 14.1. The van der Waals surface area contributed by atoms with E-state index in [1.54, 1.807) is 11.0 Å². The van der Waals surface area contributed by atoms with Crippen molar-refractivity contribution in [2.75, 3.05) is 19.6 Å². The Morgan fingerprint density at radius 3 is 2.58 bits per heavy atom. The Bertz CT molecular complexity index is 713.